The second-order valence-corrected chi connectivity index (χ2v) is 8.15. The van der Waals surface area contributed by atoms with Crippen molar-refractivity contribution in [3.63, 3.8) is 0 Å². The molecular formula is C27H29N5O. The maximum absolute atomic E-state index is 12.9. The van der Waals surface area contributed by atoms with Crippen molar-refractivity contribution >= 4 is 28.3 Å². The van der Waals surface area contributed by atoms with Crippen molar-refractivity contribution in [2.24, 2.45) is 0 Å². The molecule has 0 spiro atoms. The van der Waals surface area contributed by atoms with E-state index in [-0.39, 0.29) is 5.91 Å². The second kappa shape index (κ2) is 10.7. The van der Waals surface area contributed by atoms with E-state index in [1.807, 2.05) is 61.5 Å². The van der Waals surface area contributed by atoms with E-state index >= 15 is 0 Å². The number of nitrogens with one attached hydrogen (secondary N) is 2. The number of aromatic nitrogens is 3. The number of carbonyl (C=O) groups excluding carboxylic acids is 1. The van der Waals surface area contributed by atoms with Crippen LogP contribution in [0.2, 0.25) is 0 Å². The molecular weight excluding hydrogens is 410 g/mol. The van der Waals surface area contributed by atoms with Gasteiger partial charge in [-0.2, -0.15) is 0 Å². The molecule has 2 aromatic heterocycles. The normalized spacial score (nSPS) is 10.8. The highest BCUT2D eigenvalue weighted by molar-refractivity contribution is 6.01. The molecule has 0 fully saturated rings. The van der Waals surface area contributed by atoms with E-state index in [1.165, 1.54) is 12.8 Å². The molecule has 0 radical (unpaired) electrons. The van der Waals surface area contributed by atoms with Gasteiger partial charge in [-0.3, -0.25) is 9.78 Å². The van der Waals surface area contributed by atoms with Gasteiger partial charge >= 0.3 is 0 Å². The first-order valence-corrected chi connectivity index (χ1v) is 11.5. The number of hydrogen-bond acceptors (Lipinski definition) is 5. The molecule has 4 aromatic rings. The third kappa shape index (κ3) is 5.52. The number of benzene rings is 2. The summed E-state index contributed by atoms with van der Waals surface area (Å²) in [5, 5.41) is 7.34. The van der Waals surface area contributed by atoms with Crippen molar-refractivity contribution in [1.29, 1.82) is 0 Å². The summed E-state index contributed by atoms with van der Waals surface area (Å²) < 4.78 is 0. The van der Waals surface area contributed by atoms with Crippen LogP contribution in [-0.4, -0.2) is 27.4 Å². The van der Waals surface area contributed by atoms with Crippen LogP contribution in [-0.2, 0) is 0 Å². The van der Waals surface area contributed by atoms with E-state index in [2.05, 4.69) is 22.5 Å². The predicted octanol–water partition coefficient (Wildman–Crippen LogP) is 6.05. The number of nitrogens with zero attached hydrogens (tertiary/aromatic N) is 3. The van der Waals surface area contributed by atoms with Crippen LogP contribution >= 0.6 is 0 Å². The molecule has 0 aliphatic rings. The lowest BCUT2D eigenvalue weighted by Crippen LogP contribution is -2.25. The van der Waals surface area contributed by atoms with Crippen LogP contribution in [0, 0.1) is 6.92 Å². The van der Waals surface area contributed by atoms with Gasteiger partial charge in [-0.1, -0.05) is 44.4 Å². The Morgan fingerprint density at radius 3 is 2.67 bits per heavy atom. The van der Waals surface area contributed by atoms with Crippen LogP contribution in [0.3, 0.4) is 0 Å². The van der Waals surface area contributed by atoms with Crippen molar-refractivity contribution in [1.82, 2.24) is 20.3 Å². The van der Waals surface area contributed by atoms with Gasteiger partial charge in [0.05, 0.1) is 16.8 Å². The van der Waals surface area contributed by atoms with Crippen LogP contribution in [0.25, 0.3) is 22.3 Å². The number of hydrogen-bond donors (Lipinski definition) is 2. The fraction of sp³-hybridized carbons (Fsp3) is 0.259. The van der Waals surface area contributed by atoms with Gasteiger partial charge in [0.1, 0.15) is 5.82 Å². The van der Waals surface area contributed by atoms with E-state index in [0.717, 1.165) is 34.9 Å². The number of aryl methyl sites for hydroxylation is 1. The number of fused-ring (bicyclic) bond motifs is 1. The van der Waals surface area contributed by atoms with E-state index in [9.17, 15) is 4.79 Å². The average Bonchev–Trinajstić information content (AvgIpc) is 2.84. The third-order valence-electron chi connectivity index (χ3n) is 5.51. The Hall–Kier alpha value is -3.80. The Balaban J connectivity index is 1.66. The summed E-state index contributed by atoms with van der Waals surface area (Å²) in [6.45, 7) is 4.89. The largest absolute Gasteiger partial charge is 0.352 e. The second-order valence-electron chi connectivity index (χ2n) is 8.15. The van der Waals surface area contributed by atoms with Gasteiger partial charge in [0.25, 0.3) is 5.91 Å². The van der Waals surface area contributed by atoms with Gasteiger partial charge in [0, 0.05) is 29.9 Å². The molecule has 6 nitrogen and oxygen atoms in total. The van der Waals surface area contributed by atoms with Crippen molar-refractivity contribution in [3.8, 4) is 11.4 Å². The minimum absolute atomic E-state index is 0.0868. The van der Waals surface area contributed by atoms with Crippen LogP contribution in [0.1, 0.15) is 48.5 Å². The summed E-state index contributed by atoms with van der Waals surface area (Å²) in [6, 6.07) is 17.4. The number of para-hydroxylation sites is 1. The first kappa shape index (κ1) is 22.4. The Bertz CT molecular complexity index is 1240. The molecule has 168 valence electrons. The molecule has 0 aliphatic heterocycles. The predicted molar refractivity (Wildman–Crippen MR) is 134 cm³/mol. The maximum Gasteiger partial charge on any atom is 0.253 e. The first-order valence-electron chi connectivity index (χ1n) is 11.5. The first-order chi connectivity index (χ1) is 16.2. The minimum Gasteiger partial charge on any atom is -0.352 e. The SMILES string of the molecule is CCCCCCNC(=O)c1ccccc1Nc1nc(-c2cccnc2)nc2cc(C)ccc12. The van der Waals surface area contributed by atoms with Gasteiger partial charge < -0.3 is 10.6 Å². The zero-order valence-corrected chi connectivity index (χ0v) is 19.1. The molecule has 0 aliphatic carbocycles. The molecule has 33 heavy (non-hydrogen) atoms. The number of amides is 1. The minimum atomic E-state index is -0.0868. The average molecular weight is 440 g/mol. The van der Waals surface area contributed by atoms with Crippen LogP contribution in [0.15, 0.2) is 67.0 Å². The smallest absolute Gasteiger partial charge is 0.253 e. The Kier molecular flexibility index (Phi) is 7.25. The summed E-state index contributed by atoms with van der Waals surface area (Å²) in [7, 11) is 0. The zero-order valence-electron chi connectivity index (χ0n) is 19.1. The lowest BCUT2D eigenvalue weighted by molar-refractivity contribution is 0.0954. The van der Waals surface area contributed by atoms with Crippen LogP contribution in [0.5, 0.6) is 0 Å². The Labute approximate surface area is 194 Å². The van der Waals surface area contributed by atoms with Gasteiger partial charge in [-0.15, -0.1) is 0 Å². The molecule has 6 heteroatoms. The summed E-state index contributed by atoms with van der Waals surface area (Å²) in [6.07, 6.45) is 7.95. The van der Waals surface area contributed by atoms with E-state index in [1.54, 1.807) is 12.4 Å². The lowest BCUT2D eigenvalue weighted by atomic mass is 10.1. The van der Waals surface area contributed by atoms with Crippen LogP contribution < -0.4 is 10.6 Å². The molecule has 0 saturated heterocycles. The lowest BCUT2D eigenvalue weighted by Gasteiger charge is -2.14. The number of carbonyl (C=O) groups is 1. The van der Waals surface area contributed by atoms with Crippen LogP contribution in [0.4, 0.5) is 11.5 Å². The highest BCUT2D eigenvalue weighted by Gasteiger charge is 2.15. The molecule has 1 amide bonds. The fourth-order valence-corrected chi connectivity index (χ4v) is 3.73. The number of unbranched alkanes of at least 4 members (excludes halogenated alkanes) is 3. The molecule has 2 N–H and O–H groups in total. The molecule has 0 unspecified atom stereocenters. The molecule has 4 rings (SSSR count). The Morgan fingerprint density at radius 2 is 1.85 bits per heavy atom. The summed E-state index contributed by atoms with van der Waals surface area (Å²) in [5.74, 6) is 1.15. The van der Waals surface area contributed by atoms with Crippen molar-refractivity contribution in [2.45, 2.75) is 39.5 Å². The van der Waals surface area contributed by atoms with Gasteiger partial charge in [0.15, 0.2) is 5.82 Å². The fourth-order valence-electron chi connectivity index (χ4n) is 3.73. The highest BCUT2D eigenvalue weighted by atomic mass is 16.1. The summed E-state index contributed by atoms with van der Waals surface area (Å²) in [5.41, 5.74) is 4.09. The molecule has 0 saturated carbocycles. The Morgan fingerprint density at radius 1 is 0.970 bits per heavy atom. The highest BCUT2D eigenvalue weighted by Crippen LogP contribution is 2.29. The quantitative estimate of drug-likeness (QED) is 0.310. The monoisotopic (exact) mass is 439 g/mol. The summed E-state index contributed by atoms with van der Waals surface area (Å²) >= 11 is 0. The third-order valence-corrected chi connectivity index (χ3v) is 5.51. The van der Waals surface area contributed by atoms with Crippen molar-refractivity contribution in [3.05, 3.63) is 78.1 Å². The van der Waals surface area contributed by atoms with Gasteiger partial charge in [-0.25, -0.2) is 9.97 Å². The maximum atomic E-state index is 12.9. The van der Waals surface area contributed by atoms with E-state index in [0.29, 0.717) is 29.4 Å². The number of anilines is 2. The van der Waals surface area contributed by atoms with Gasteiger partial charge in [0.2, 0.25) is 0 Å². The van der Waals surface area contributed by atoms with E-state index in [4.69, 9.17) is 9.97 Å². The zero-order chi connectivity index (χ0) is 23.0. The summed E-state index contributed by atoms with van der Waals surface area (Å²) in [4.78, 5) is 26.7. The van der Waals surface area contributed by atoms with Crippen molar-refractivity contribution < 1.29 is 4.79 Å². The number of rotatable bonds is 9. The topological polar surface area (TPSA) is 79.8 Å². The molecule has 2 aromatic carbocycles. The number of pyridine rings is 1. The standard InChI is InChI=1S/C27H29N5O/c1-3-4-5-8-16-29-27(33)22-11-6-7-12-23(22)30-26-21-14-13-19(2)17-24(21)31-25(32-26)20-10-9-15-28-18-20/h6-7,9-15,17-18H,3-5,8,16H2,1-2H3,(H,29,33)(H,30,31,32). The molecule has 0 bridgehead atoms. The molecule has 2 heterocycles. The molecule has 0 atom stereocenters. The van der Waals surface area contributed by atoms with E-state index < -0.39 is 0 Å². The van der Waals surface area contributed by atoms with Gasteiger partial charge in [-0.05, 0) is 55.3 Å². The van der Waals surface area contributed by atoms with Crippen molar-refractivity contribution in [2.75, 3.05) is 11.9 Å².